The summed E-state index contributed by atoms with van der Waals surface area (Å²) >= 11 is 0. The van der Waals surface area contributed by atoms with Crippen LogP contribution >= 0.6 is 0 Å². The van der Waals surface area contributed by atoms with Crippen LogP contribution in [-0.4, -0.2) is 19.8 Å². The summed E-state index contributed by atoms with van der Waals surface area (Å²) in [5.74, 6) is 0.415. The molecule has 2 rings (SSSR count). The minimum Gasteiger partial charge on any atom is -0.496 e. The maximum Gasteiger partial charge on any atom is 0.393 e. The minimum absolute atomic E-state index is 0.0742. The first-order valence-electron chi connectivity index (χ1n) is 5.79. The van der Waals surface area contributed by atoms with Gasteiger partial charge in [0.05, 0.1) is 19.8 Å². The molecule has 0 bridgehead atoms. The molecule has 0 saturated heterocycles. The number of furan rings is 1. The maximum absolute atomic E-state index is 12.6. The topological polar surface area (TPSA) is 48.4 Å². The lowest BCUT2D eigenvalue weighted by molar-refractivity contribution is -0.127. The van der Waals surface area contributed by atoms with Crippen molar-refractivity contribution in [3.8, 4) is 5.75 Å². The molecule has 0 radical (unpaired) electrons. The molecule has 19 heavy (non-hydrogen) atoms. The molecule has 2 aromatic rings. The summed E-state index contributed by atoms with van der Waals surface area (Å²) in [4.78, 5) is 0. The van der Waals surface area contributed by atoms with Gasteiger partial charge in [-0.05, 0) is 25.1 Å². The Bertz CT molecular complexity index is 575. The number of fused-ring (bicyclic) bond motifs is 1. The minimum atomic E-state index is -4.29. The highest BCUT2D eigenvalue weighted by Gasteiger charge is 2.30. The maximum atomic E-state index is 12.6. The monoisotopic (exact) mass is 273 g/mol. The zero-order valence-electron chi connectivity index (χ0n) is 10.4. The van der Waals surface area contributed by atoms with Crippen LogP contribution in [-0.2, 0) is 12.8 Å². The number of nitrogens with two attached hydrogens (primary N) is 1. The Morgan fingerprint density at radius 1 is 1.37 bits per heavy atom. The summed E-state index contributed by atoms with van der Waals surface area (Å²) in [5.41, 5.74) is 6.62. The van der Waals surface area contributed by atoms with Gasteiger partial charge in [-0.15, -0.1) is 0 Å². The number of benzene rings is 1. The van der Waals surface area contributed by atoms with Gasteiger partial charge in [0.15, 0.2) is 0 Å². The molecule has 0 spiro atoms. The second-order valence-electron chi connectivity index (χ2n) is 4.21. The SMILES string of the molecule is COc1cc(CC(F)(F)F)c2occc2c1CCN. The van der Waals surface area contributed by atoms with E-state index < -0.39 is 12.6 Å². The molecule has 6 heteroatoms. The van der Waals surface area contributed by atoms with Gasteiger partial charge < -0.3 is 14.9 Å². The van der Waals surface area contributed by atoms with Crippen molar-refractivity contribution in [1.29, 1.82) is 0 Å². The van der Waals surface area contributed by atoms with E-state index in [-0.39, 0.29) is 11.1 Å². The van der Waals surface area contributed by atoms with Gasteiger partial charge in [0, 0.05) is 16.5 Å². The highest BCUT2D eigenvalue weighted by atomic mass is 19.4. The molecule has 1 heterocycles. The van der Waals surface area contributed by atoms with Crippen LogP contribution in [0.3, 0.4) is 0 Å². The molecule has 0 aliphatic rings. The molecule has 0 saturated carbocycles. The van der Waals surface area contributed by atoms with Crippen LogP contribution in [0, 0.1) is 0 Å². The van der Waals surface area contributed by atoms with E-state index in [2.05, 4.69) is 0 Å². The Morgan fingerprint density at radius 2 is 2.11 bits per heavy atom. The van der Waals surface area contributed by atoms with Crippen molar-refractivity contribution in [2.75, 3.05) is 13.7 Å². The van der Waals surface area contributed by atoms with Gasteiger partial charge in [0.1, 0.15) is 11.3 Å². The highest BCUT2D eigenvalue weighted by Crippen LogP contribution is 2.35. The van der Waals surface area contributed by atoms with E-state index in [0.717, 1.165) is 5.56 Å². The number of ether oxygens (including phenoxy) is 1. The van der Waals surface area contributed by atoms with Crippen molar-refractivity contribution in [3.63, 3.8) is 0 Å². The van der Waals surface area contributed by atoms with Crippen LogP contribution in [0.5, 0.6) is 5.75 Å². The summed E-state index contributed by atoms with van der Waals surface area (Å²) < 4.78 is 48.0. The lowest BCUT2D eigenvalue weighted by atomic mass is 10.0. The Kier molecular flexibility index (Phi) is 3.71. The van der Waals surface area contributed by atoms with E-state index in [0.29, 0.717) is 24.1 Å². The largest absolute Gasteiger partial charge is 0.496 e. The Balaban J connectivity index is 2.60. The highest BCUT2D eigenvalue weighted by molar-refractivity contribution is 5.86. The van der Waals surface area contributed by atoms with E-state index in [1.54, 1.807) is 6.07 Å². The number of halogens is 3. The predicted molar refractivity (Wildman–Crippen MR) is 65.3 cm³/mol. The normalized spacial score (nSPS) is 12.1. The molecule has 0 aliphatic heterocycles. The van der Waals surface area contributed by atoms with Gasteiger partial charge in [-0.1, -0.05) is 0 Å². The molecule has 0 fully saturated rings. The molecule has 104 valence electrons. The smallest absolute Gasteiger partial charge is 0.393 e. The van der Waals surface area contributed by atoms with E-state index in [4.69, 9.17) is 14.9 Å². The fourth-order valence-corrected chi connectivity index (χ4v) is 2.17. The fraction of sp³-hybridized carbons (Fsp3) is 0.385. The second kappa shape index (κ2) is 5.13. The molecule has 1 aromatic heterocycles. The molecule has 0 aliphatic carbocycles. The summed E-state index contributed by atoms with van der Waals surface area (Å²) in [6.07, 6.45) is -3.44. The Labute approximate surface area is 108 Å². The number of alkyl halides is 3. The van der Waals surface area contributed by atoms with Gasteiger partial charge in [0.25, 0.3) is 0 Å². The Morgan fingerprint density at radius 3 is 2.68 bits per heavy atom. The molecule has 0 amide bonds. The zero-order valence-corrected chi connectivity index (χ0v) is 10.4. The molecule has 0 unspecified atom stereocenters. The molecule has 1 aromatic carbocycles. The van der Waals surface area contributed by atoms with Crippen molar-refractivity contribution in [2.24, 2.45) is 5.73 Å². The van der Waals surface area contributed by atoms with Crippen molar-refractivity contribution in [2.45, 2.75) is 19.0 Å². The summed E-state index contributed by atoms with van der Waals surface area (Å²) in [5, 5.41) is 0.629. The van der Waals surface area contributed by atoms with Crippen LogP contribution in [0.15, 0.2) is 22.8 Å². The fourth-order valence-electron chi connectivity index (χ4n) is 2.17. The van der Waals surface area contributed by atoms with Crippen molar-refractivity contribution in [3.05, 3.63) is 29.5 Å². The summed E-state index contributed by atoms with van der Waals surface area (Å²) in [7, 11) is 1.43. The second-order valence-corrected chi connectivity index (χ2v) is 4.21. The quantitative estimate of drug-likeness (QED) is 0.931. The summed E-state index contributed by atoms with van der Waals surface area (Å²) in [6, 6.07) is 3.02. The third-order valence-corrected chi connectivity index (χ3v) is 2.89. The molecule has 2 N–H and O–H groups in total. The number of methoxy groups -OCH3 is 1. The van der Waals surface area contributed by atoms with Crippen LogP contribution in [0.4, 0.5) is 13.2 Å². The first-order chi connectivity index (χ1) is 8.96. The van der Waals surface area contributed by atoms with Gasteiger partial charge in [0.2, 0.25) is 0 Å². The van der Waals surface area contributed by atoms with Gasteiger partial charge >= 0.3 is 6.18 Å². The van der Waals surface area contributed by atoms with Crippen molar-refractivity contribution < 1.29 is 22.3 Å². The van der Waals surface area contributed by atoms with E-state index in [1.165, 1.54) is 19.4 Å². The number of hydrogen-bond acceptors (Lipinski definition) is 3. The lowest BCUT2D eigenvalue weighted by Crippen LogP contribution is -2.12. The molecular formula is C13H14F3NO2. The first-order valence-corrected chi connectivity index (χ1v) is 5.79. The molecule has 3 nitrogen and oxygen atoms in total. The zero-order chi connectivity index (χ0) is 14.0. The van der Waals surface area contributed by atoms with E-state index >= 15 is 0 Å². The van der Waals surface area contributed by atoms with Crippen molar-refractivity contribution in [1.82, 2.24) is 0 Å². The van der Waals surface area contributed by atoms with Crippen LogP contribution < -0.4 is 10.5 Å². The number of rotatable bonds is 4. The molecular weight excluding hydrogens is 259 g/mol. The lowest BCUT2D eigenvalue weighted by Gasteiger charge is -2.13. The first kappa shape index (κ1) is 13.7. The van der Waals surface area contributed by atoms with E-state index in [1.807, 2.05) is 0 Å². The average molecular weight is 273 g/mol. The third kappa shape index (κ3) is 2.84. The Hall–Kier alpha value is -1.69. The van der Waals surface area contributed by atoms with Crippen LogP contribution in [0.25, 0.3) is 11.0 Å². The standard InChI is InChI=1S/C13H14F3NO2/c1-18-11-6-8(7-13(14,15)16)12-10(3-5-19-12)9(11)2-4-17/h3,5-6H,2,4,7,17H2,1H3. The van der Waals surface area contributed by atoms with Crippen LogP contribution in [0.2, 0.25) is 0 Å². The van der Waals surface area contributed by atoms with Gasteiger partial charge in [-0.3, -0.25) is 0 Å². The van der Waals surface area contributed by atoms with E-state index in [9.17, 15) is 13.2 Å². The average Bonchev–Trinajstić information content (AvgIpc) is 2.79. The molecule has 0 atom stereocenters. The van der Waals surface area contributed by atoms with Crippen molar-refractivity contribution >= 4 is 11.0 Å². The number of hydrogen-bond donors (Lipinski definition) is 1. The van der Waals surface area contributed by atoms with Gasteiger partial charge in [-0.2, -0.15) is 13.2 Å². The van der Waals surface area contributed by atoms with Gasteiger partial charge in [-0.25, -0.2) is 0 Å². The summed E-state index contributed by atoms with van der Waals surface area (Å²) in [6.45, 7) is 0.384. The predicted octanol–water partition coefficient (Wildman–Crippen LogP) is 3.05. The third-order valence-electron chi connectivity index (χ3n) is 2.89. The van der Waals surface area contributed by atoms with Crippen LogP contribution in [0.1, 0.15) is 11.1 Å².